The molecule has 6 heteroatoms. The molecule has 4 rings (SSSR count). The quantitative estimate of drug-likeness (QED) is 0.777. The van der Waals surface area contributed by atoms with Gasteiger partial charge in [-0.05, 0) is 37.1 Å². The predicted molar refractivity (Wildman–Crippen MR) is 103 cm³/mol. The number of amides is 2. The fraction of sp³-hybridized carbons (Fsp3) is 0.238. The molecule has 0 bridgehead atoms. The average Bonchev–Trinajstić information content (AvgIpc) is 2.73. The lowest BCUT2D eigenvalue weighted by Crippen LogP contribution is -2.44. The Morgan fingerprint density at radius 3 is 2.78 bits per heavy atom. The summed E-state index contributed by atoms with van der Waals surface area (Å²) in [5, 5.41) is 0.802. The number of nitrogens with two attached hydrogens (primary N) is 1. The monoisotopic (exact) mass is 360 g/mol. The molecule has 136 valence electrons. The summed E-state index contributed by atoms with van der Waals surface area (Å²) < 4.78 is 0. The van der Waals surface area contributed by atoms with Crippen molar-refractivity contribution in [2.45, 2.75) is 12.8 Å². The Bertz CT molecular complexity index is 1000. The number of carbonyl (C=O) groups is 2. The molecule has 1 aliphatic heterocycles. The molecule has 2 N–H and O–H groups in total. The first kappa shape index (κ1) is 17.1. The van der Waals surface area contributed by atoms with Crippen molar-refractivity contribution in [2.75, 3.05) is 13.1 Å². The molecule has 6 nitrogen and oxygen atoms in total. The highest BCUT2D eigenvalue weighted by Gasteiger charge is 2.28. The van der Waals surface area contributed by atoms with Gasteiger partial charge < -0.3 is 10.6 Å². The molecular formula is C21H20N4O2. The van der Waals surface area contributed by atoms with E-state index in [9.17, 15) is 9.59 Å². The van der Waals surface area contributed by atoms with E-state index in [2.05, 4.69) is 4.98 Å². The number of hydrogen-bond donors (Lipinski definition) is 1. The Balaban J connectivity index is 1.78. The molecule has 0 spiro atoms. The van der Waals surface area contributed by atoms with E-state index in [0.29, 0.717) is 24.3 Å². The Morgan fingerprint density at radius 2 is 2.00 bits per heavy atom. The van der Waals surface area contributed by atoms with Crippen LogP contribution >= 0.6 is 0 Å². The van der Waals surface area contributed by atoms with Crippen LogP contribution in [0.15, 0.2) is 54.9 Å². The molecule has 3 aromatic rings. The summed E-state index contributed by atoms with van der Waals surface area (Å²) in [5.74, 6) is -0.721. The van der Waals surface area contributed by atoms with Crippen LogP contribution in [-0.2, 0) is 4.79 Å². The van der Waals surface area contributed by atoms with E-state index in [0.717, 1.165) is 29.3 Å². The number of fused-ring (bicyclic) bond motifs is 1. The number of hydrogen-bond acceptors (Lipinski definition) is 4. The summed E-state index contributed by atoms with van der Waals surface area (Å²) in [6, 6.07) is 13.2. The van der Waals surface area contributed by atoms with Crippen LogP contribution < -0.4 is 5.73 Å². The van der Waals surface area contributed by atoms with Gasteiger partial charge in [-0.2, -0.15) is 0 Å². The van der Waals surface area contributed by atoms with Crippen molar-refractivity contribution >= 4 is 22.7 Å². The van der Waals surface area contributed by atoms with E-state index in [1.807, 2.05) is 42.5 Å². The van der Waals surface area contributed by atoms with Crippen LogP contribution in [0.1, 0.15) is 23.2 Å². The van der Waals surface area contributed by atoms with Gasteiger partial charge in [0.25, 0.3) is 5.91 Å². The minimum Gasteiger partial charge on any atom is -0.369 e. The van der Waals surface area contributed by atoms with Crippen molar-refractivity contribution in [2.24, 2.45) is 11.7 Å². The Labute approximate surface area is 157 Å². The number of nitrogens with zero attached hydrogens (tertiary/aromatic N) is 3. The van der Waals surface area contributed by atoms with Crippen LogP contribution in [0.25, 0.3) is 22.2 Å². The zero-order valence-electron chi connectivity index (χ0n) is 14.8. The van der Waals surface area contributed by atoms with E-state index in [1.54, 1.807) is 17.3 Å². The fourth-order valence-electron chi connectivity index (χ4n) is 3.58. The topological polar surface area (TPSA) is 89.2 Å². The van der Waals surface area contributed by atoms with Gasteiger partial charge in [0.05, 0.1) is 22.7 Å². The highest BCUT2D eigenvalue weighted by Crippen LogP contribution is 2.27. The van der Waals surface area contributed by atoms with Crippen LogP contribution in [-0.4, -0.2) is 39.8 Å². The van der Waals surface area contributed by atoms with Crippen molar-refractivity contribution < 1.29 is 9.59 Å². The highest BCUT2D eigenvalue weighted by molar-refractivity contribution is 6.07. The minimum atomic E-state index is -0.344. The van der Waals surface area contributed by atoms with Crippen molar-refractivity contribution in [1.29, 1.82) is 0 Å². The van der Waals surface area contributed by atoms with Crippen LogP contribution in [0.4, 0.5) is 0 Å². The number of aromatic nitrogens is 2. The summed E-state index contributed by atoms with van der Waals surface area (Å²) in [5.41, 5.74) is 8.36. The lowest BCUT2D eigenvalue weighted by Gasteiger charge is -2.31. The maximum atomic E-state index is 13.3. The normalized spacial score (nSPS) is 17.0. The second-order valence-corrected chi connectivity index (χ2v) is 6.81. The number of primary amides is 1. The maximum Gasteiger partial charge on any atom is 0.254 e. The number of para-hydroxylation sites is 1. The molecule has 0 unspecified atom stereocenters. The first-order valence-corrected chi connectivity index (χ1v) is 9.02. The lowest BCUT2D eigenvalue weighted by molar-refractivity contribution is -0.123. The molecule has 3 heterocycles. The molecule has 1 atom stereocenters. The molecule has 27 heavy (non-hydrogen) atoms. The van der Waals surface area contributed by atoms with Gasteiger partial charge in [0.1, 0.15) is 0 Å². The van der Waals surface area contributed by atoms with E-state index in [1.165, 1.54) is 0 Å². The van der Waals surface area contributed by atoms with Gasteiger partial charge in [-0.3, -0.25) is 14.6 Å². The summed E-state index contributed by atoms with van der Waals surface area (Å²) >= 11 is 0. The molecule has 1 fully saturated rings. The van der Waals surface area contributed by atoms with Gasteiger partial charge in [-0.1, -0.05) is 18.2 Å². The first-order chi connectivity index (χ1) is 13.1. The predicted octanol–water partition coefficient (Wildman–Crippen LogP) is 2.63. The Hall–Kier alpha value is -3.28. The minimum absolute atomic E-state index is 0.0929. The Kier molecular flexibility index (Phi) is 4.54. The van der Waals surface area contributed by atoms with Crippen LogP contribution in [0.2, 0.25) is 0 Å². The standard InChI is InChI=1S/C21H20N4O2/c22-20(26)15-6-4-10-25(13-15)21(27)17-11-19(14-5-3-9-23-12-14)24-18-8-2-1-7-16(17)18/h1-3,5,7-9,11-12,15H,4,6,10,13H2,(H2,22,26)/t15-/m0/s1. The third kappa shape index (κ3) is 3.38. The van der Waals surface area contributed by atoms with Crippen molar-refractivity contribution in [3.63, 3.8) is 0 Å². The molecule has 2 aromatic heterocycles. The number of likely N-dealkylation sites (tertiary alicyclic amines) is 1. The second-order valence-electron chi connectivity index (χ2n) is 6.81. The van der Waals surface area contributed by atoms with Crippen molar-refractivity contribution in [1.82, 2.24) is 14.9 Å². The SMILES string of the molecule is NC(=O)[C@H]1CCCN(C(=O)c2cc(-c3cccnc3)nc3ccccc23)C1. The van der Waals surface area contributed by atoms with E-state index < -0.39 is 0 Å². The van der Waals surface area contributed by atoms with Crippen molar-refractivity contribution in [3.05, 3.63) is 60.4 Å². The van der Waals surface area contributed by atoms with Crippen LogP contribution in [0.3, 0.4) is 0 Å². The second kappa shape index (κ2) is 7.15. The maximum absolute atomic E-state index is 13.3. The zero-order chi connectivity index (χ0) is 18.8. The third-order valence-corrected chi connectivity index (χ3v) is 5.01. The largest absolute Gasteiger partial charge is 0.369 e. The highest BCUT2D eigenvalue weighted by atomic mass is 16.2. The molecule has 1 aromatic carbocycles. The lowest BCUT2D eigenvalue weighted by atomic mass is 9.96. The smallest absolute Gasteiger partial charge is 0.254 e. The molecule has 0 saturated carbocycles. The summed E-state index contributed by atoms with van der Waals surface area (Å²) in [7, 11) is 0. The van der Waals surface area contributed by atoms with Gasteiger partial charge in [-0.25, -0.2) is 4.98 Å². The molecule has 0 radical (unpaired) electrons. The Morgan fingerprint density at radius 1 is 1.15 bits per heavy atom. The molecule has 0 aliphatic carbocycles. The van der Waals surface area contributed by atoms with E-state index in [4.69, 9.17) is 10.7 Å². The molecule has 1 saturated heterocycles. The summed E-state index contributed by atoms with van der Waals surface area (Å²) in [6.07, 6.45) is 4.94. The van der Waals surface area contributed by atoms with Gasteiger partial charge in [0.15, 0.2) is 0 Å². The first-order valence-electron chi connectivity index (χ1n) is 9.02. The molecule has 2 amide bonds. The fourth-order valence-corrected chi connectivity index (χ4v) is 3.58. The average molecular weight is 360 g/mol. The van der Waals surface area contributed by atoms with Crippen LogP contribution in [0, 0.1) is 5.92 Å². The van der Waals surface area contributed by atoms with Gasteiger partial charge >= 0.3 is 0 Å². The van der Waals surface area contributed by atoms with Crippen molar-refractivity contribution in [3.8, 4) is 11.3 Å². The number of carbonyl (C=O) groups excluding carboxylic acids is 2. The molecular weight excluding hydrogens is 340 g/mol. The van der Waals surface area contributed by atoms with Gasteiger partial charge in [0.2, 0.25) is 5.91 Å². The van der Waals surface area contributed by atoms with Crippen LogP contribution in [0.5, 0.6) is 0 Å². The van der Waals surface area contributed by atoms with Gasteiger partial charge in [0, 0.05) is 36.4 Å². The van der Waals surface area contributed by atoms with E-state index in [-0.39, 0.29) is 17.7 Å². The number of piperidine rings is 1. The third-order valence-electron chi connectivity index (χ3n) is 5.01. The number of benzene rings is 1. The number of pyridine rings is 2. The molecule has 1 aliphatic rings. The van der Waals surface area contributed by atoms with E-state index >= 15 is 0 Å². The zero-order valence-corrected chi connectivity index (χ0v) is 14.8. The number of rotatable bonds is 3. The summed E-state index contributed by atoms with van der Waals surface area (Å²) in [6.45, 7) is 0.995. The van der Waals surface area contributed by atoms with Gasteiger partial charge in [-0.15, -0.1) is 0 Å². The summed E-state index contributed by atoms with van der Waals surface area (Å²) in [4.78, 5) is 35.4.